The largest absolute Gasteiger partial charge is 0.382 e. The van der Waals surface area contributed by atoms with Crippen molar-refractivity contribution in [1.29, 1.82) is 0 Å². The lowest BCUT2D eigenvalue weighted by Gasteiger charge is -2.21. The SMILES string of the molecule is CCCCCCCCc1cc(N[C@@H](CCC(C)C)C(=O)NCCCOCC)nc(-n2ccnc2)n1. The highest BCUT2D eigenvalue weighted by molar-refractivity contribution is 5.84. The smallest absolute Gasteiger partial charge is 0.242 e. The van der Waals surface area contributed by atoms with Gasteiger partial charge >= 0.3 is 0 Å². The molecule has 0 unspecified atom stereocenters. The summed E-state index contributed by atoms with van der Waals surface area (Å²) >= 11 is 0. The summed E-state index contributed by atoms with van der Waals surface area (Å²) in [6.45, 7) is 10.5. The highest BCUT2D eigenvalue weighted by Gasteiger charge is 2.20. The van der Waals surface area contributed by atoms with Crippen molar-refractivity contribution in [2.24, 2.45) is 5.92 Å². The van der Waals surface area contributed by atoms with Gasteiger partial charge < -0.3 is 15.4 Å². The summed E-state index contributed by atoms with van der Waals surface area (Å²) in [6.07, 6.45) is 16.1. The molecule has 0 aliphatic carbocycles. The second-order valence-electron chi connectivity index (χ2n) is 9.54. The Balaban J connectivity index is 2.10. The zero-order valence-corrected chi connectivity index (χ0v) is 22.3. The molecule has 0 aliphatic heterocycles. The van der Waals surface area contributed by atoms with E-state index in [-0.39, 0.29) is 11.9 Å². The number of ether oxygens (including phenoxy) is 1. The lowest BCUT2D eigenvalue weighted by Crippen LogP contribution is -2.40. The predicted octanol–water partition coefficient (Wildman–Crippen LogP) is 5.32. The minimum absolute atomic E-state index is 0.00224. The molecule has 8 nitrogen and oxygen atoms in total. The maximum atomic E-state index is 13.0. The van der Waals surface area contributed by atoms with Crippen LogP contribution in [-0.4, -0.2) is 51.2 Å². The van der Waals surface area contributed by atoms with Crippen LogP contribution in [0.15, 0.2) is 24.8 Å². The zero-order valence-electron chi connectivity index (χ0n) is 22.3. The van der Waals surface area contributed by atoms with Crippen LogP contribution in [0.2, 0.25) is 0 Å². The van der Waals surface area contributed by atoms with Crippen LogP contribution in [0.25, 0.3) is 5.95 Å². The third-order valence-electron chi connectivity index (χ3n) is 5.93. The Kier molecular flexibility index (Phi) is 14.0. The molecule has 0 aliphatic rings. The molecule has 0 spiro atoms. The normalized spacial score (nSPS) is 12.1. The van der Waals surface area contributed by atoms with Crippen molar-refractivity contribution >= 4 is 11.7 Å². The van der Waals surface area contributed by atoms with Crippen LogP contribution in [0.1, 0.15) is 91.2 Å². The molecule has 2 heterocycles. The van der Waals surface area contributed by atoms with Gasteiger partial charge in [-0.1, -0.05) is 52.9 Å². The highest BCUT2D eigenvalue weighted by Crippen LogP contribution is 2.17. The Bertz CT molecular complexity index is 825. The minimum Gasteiger partial charge on any atom is -0.382 e. The minimum atomic E-state index is -0.350. The average Bonchev–Trinajstić information content (AvgIpc) is 3.38. The summed E-state index contributed by atoms with van der Waals surface area (Å²) in [5, 5.41) is 6.48. The van der Waals surface area contributed by atoms with Crippen LogP contribution in [0.5, 0.6) is 0 Å². The lowest BCUT2D eigenvalue weighted by molar-refractivity contribution is -0.122. The number of imidazole rings is 1. The summed E-state index contributed by atoms with van der Waals surface area (Å²) in [4.78, 5) is 26.6. The molecule has 2 aromatic heterocycles. The number of carbonyl (C=O) groups excluding carboxylic acids is 1. The molecule has 1 atom stereocenters. The Morgan fingerprint density at radius 2 is 1.86 bits per heavy atom. The van der Waals surface area contributed by atoms with E-state index in [9.17, 15) is 4.79 Å². The van der Waals surface area contributed by atoms with Crippen LogP contribution < -0.4 is 10.6 Å². The number of nitrogens with zero attached hydrogens (tertiary/aromatic N) is 4. The van der Waals surface area contributed by atoms with Gasteiger partial charge in [-0.2, -0.15) is 4.98 Å². The van der Waals surface area contributed by atoms with E-state index in [1.807, 2.05) is 23.8 Å². The van der Waals surface area contributed by atoms with Gasteiger partial charge in [0.25, 0.3) is 0 Å². The van der Waals surface area contributed by atoms with Crippen molar-refractivity contribution in [2.75, 3.05) is 25.1 Å². The third kappa shape index (κ3) is 11.7. The summed E-state index contributed by atoms with van der Waals surface area (Å²) in [6, 6.07) is 1.65. The molecule has 0 radical (unpaired) electrons. The maximum absolute atomic E-state index is 13.0. The summed E-state index contributed by atoms with van der Waals surface area (Å²) in [7, 11) is 0. The highest BCUT2D eigenvalue weighted by atomic mass is 16.5. The number of aryl methyl sites for hydroxylation is 1. The number of aromatic nitrogens is 4. The van der Waals surface area contributed by atoms with E-state index in [0.717, 1.165) is 37.8 Å². The molecule has 0 aromatic carbocycles. The van der Waals surface area contributed by atoms with Crippen LogP contribution in [0.4, 0.5) is 5.82 Å². The van der Waals surface area contributed by atoms with Gasteiger partial charge in [-0.25, -0.2) is 9.97 Å². The molecular weight excluding hydrogens is 440 g/mol. The van der Waals surface area contributed by atoms with Crippen molar-refractivity contribution in [2.45, 2.75) is 97.9 Å². The number of rotatable bonds is 19. The first-order valence-electron chi connectivity index (χ1n) is 13.5. The molecule has 0 fully saturated rings. The Hall–Kier alpha value is -2.48. The second-order valence-corrected chi connectivity index (χ2v) is 9.54. The quantitative estimate of drug-likeness (QED) is 0.261. The molecule has 0 saturated carbocycles. The fourth-order valence-electron chi connectivity index (χ4n) is 3.87. The van der Waals surface area contributed by atoms with Crippen molar-refractivity contribution in [1.82, 2.24) is 24.8 Å². The molecule has 2 aromatic rings. The number of carbonyl (C=O) groups is 1. The number of nitrogens with one attached hydrogen (secondary N) is 2. The third-order valence-corrected chi connectivity index (χ3v) is 5.93. The monoisotopic (exact) mass is 486 g/mol. The van der Waals surface area contributed by atoms with E-state index in [4.69, 9.17) is 14.7 Å². The summed E-state index contributed by atoms with van der Waals surface area (Å²) < 4.78 is 7.19. The zero-order chi connectivity index (χ0) is 25.3. The van der Waals surface area contributed by atoms with Gasteiger partial charge in [-0.05, 0) is 44.9 Å². The first-order valence-corrected chi connectivity index (χ1v) is 13.5. The molecule has 0 saturated heterocycles. The fraction of sp³-hybridized carbons (Fsp3) is 0.704. The topological polar surface area (TPSA) is 94.0 Å². The first kappa shape index (κ1) is 28.8. The van der Waals surface area contributed by atoms with E-state index in [1.165, 1.54) is 32.1 Å². The van der Waals surface area contributed by atoms with E-state index in [0.29, 0.717) is 37.4 Å². The van der Waals surface area contributed by atoms with Crippen LogP contribution in [0, 0.1) is 5.92 Å². The van der Waals surface area contributed by atoms with Crippen LogP contribution in [0.3, 0.4) is 0 Å². The molecule has 2 rings (SSSR count). The Morgan fingerprint density at radius 3 is 2.57 bits per heavy atom. The van der Waals surface area contributed by atoms with E-state index in [2.05, 4.69) is 36.4 Å². The summed E-state index contributed by atoms with van der Waals surface area (Å²) in [5.41, 5.74) is 0.987. The van der Waals surface area contributed by atoms with E-state index in [1.54, 1.807) is 12.5 Å². The van der Waals surface area contributed by atoms with Gasteiger partial charge in [0.1, 0.15) is 18.2 Å². The van der Waals surface area contributed by atoms with Gasteiger partial charge in [0, 0.05) is 43.9 Å². The lowest BCUT2D eigenvalue weighted by atomic mass is 10.0. The number of hydrogen-bond donors (Lipinski definition) is 2. The van der Waals surface area contributed by atoms with Crippen molar-refractivity contribution in [3.63, 3.8) is 0 Å². The van der Waals surface area contributed by atoms with Gasteiger partial charge in [0.2, 0.25) is 11.9 Å². The van der Waals surface area contributed by atoms with Crippen LogP contribution in [-0.2, 0) is 16.0 Å². The Morgan fingerprint density at radius 1 is 1.06 bits per heavy atom. The maximum Gasteiger partial charge on any atom is 0.242 e. The molecule has 196 valence electrons. The van der Waals surface area contributed by atoms with Gasteiger partial charge in [-0.15, -0.1) is 0 Å². The summed E-state index contributed by atoms with van der Waals surface area (Å²) in [5.74, 6) is 1.78. The average molecular weight is 487 g/mol. The number of unbranched alkanes of at least 4 members (excludes halogenated alkanes) is 5. The standard InChI is InChI=1S/C27H46N6O2/c1-5-7-8-9-10-11-13-23-20-25(32-27(30-23)33-18-17-28-21-33)31-24(15-14-22(3)4)26(34)29-16-12-19-35-6-2/h17-18,20-22,24H,5-16,19H2,1-4H3,(H,29,34)(H,30,31,32)/t24-/m0/s1. The van der Waals surface area contributed by atoms with Crippen molar-refractivity contribution in [3.05, 3.63) is 30.5 Å². The van der Waals surface area contributed by atoms with Gasteiger partial charge in [0.15, 0.2) is 0 Å². The second kappa shape index (κ2) is 17.0. The predicted molar refractivity (Wildman–Crippen MR) is 142 cm³/mol. The molecule has 0 bridgehead atoms. The molecule has 1 amide bonds. The van der Waals surface area contributed by atoms with Crippen molar-refractivity contribution < 1.29 is 9.53 Å². The number of hydrogen-bond acceptors (Lipinski definition) is 6. The molecule has 8 heteroatoms. The number of amides is 1. The van der Waals surface area contributed by atoms with Crippen molar-refractivity contribution in [3.8, 4) is 5.95 Å². The molecule has 2 N–H and O–H groups in total. The van der Waals surface area contributed by atoms with Gasteiger partial charge in [0.05, 0.1) is 0 Å². The fourth-order valence-corrected chi connectivity index (χ4v) is 3.87. The van der Waals surface area contributed by atoms with E-state index >= 15 is 0 Å². The van der Waals surface area contributed by atoms with E-state index < -0.39 is 0 Å². The Labute approximate surface area is 211 Å². The molecular formula is C27H46N6O2. The first-order chi connectivity index (χ1) is 17.0. The number of anilines is 1. The van der Waals surface area contributed by atoms with Gasteiger partial charge in [-0.3, -0.25) is 9.36 Å². The molecule has 35 heavy (non-hydrogen) atoms. The van der Waals surface area contributed by atoms with Crippen LogP contribution >= 0.6 is 0 Å².